The van der Waals surface area contributed by atoms with Gasteiger partial charge in [-0.3, -0.25) is 9.59 Å². The lowest BCUT2D eigenvalue weighted by Crippen LogP contribution is -2.40. The summed E-state index contributed by atoms with van der Waals surface area (Å²) in [6.45, 7) is 9.35. The van der Waals surface area contributed by atoms with Gasteiger partial charge in [-0.05, 0) is 41.5 Å². The fourth-order valence-corrected chi connectivity index (χ4v) is 2.58. The lowest BCUT2D eigenvalue weighted by molar-refractivity contribution is -0.191. The molecule has 20 heteroatoms. The zero-order valence-electron chi connectivity index (χ0n) is 29.2. The summed E-state index contributed by atoms with van der Waals surface area (Å²) in [6.07, 6.45) is -8.98. The van der Waals surface area contributed by atoms with Crippen LogP contribution in [0.2, 0.25) is 0 Å². The number of esters is 8. The van der Waals surface area contributed by atoms with E-state index in [1.165, 1.54) is 27.7 Å². The Morgan fingerprint density at radius 2 is 1.00 bits per heavy atom. The van der Waals surface area contributed by atoms with Crippen LogP contribution in [0.5, 0.6) is 0 Å². The van der Waals surface area contributed by atoms with Gasteiger partial charge in [0.1, 0.15) is 38.1 Å². The molecule has 1 aliphatic rings. The monoisotopic (exact) mass is 728 g/mol. The van der Waals surface area contributed by atoms with Gasteiger partial charge in [-0.15, -0.1) is 0 Å². The number of ether oxygens (including phenoxy) is 8. The number of hydrogen-bond donors (Lipinski definition) is 4. The first-order valence-corrected chi connectivity index (χ1v) is 15.4. The minimum Gasteiger partial charge on any atom is -0.463 e. The molecule has 1 fully saturated rings. The van der Waals surface area contributed by atoms with E-state index in [1.54, 1.807) is 13.8 Å². The van der Waals surface area contributed by atoms with Gasteiger partial charge in [-0.1, -0.05) is 13.8 Å². The van der Waals surface area contributed by atoms with Gasteiger partial charge in [0, 0.05) is 12.8 Å². The number of hydrogen-bond acceptors (Lipinski definition) is 20. The van der Waals surface area contributed by atoms with E-state index < -0.39 is 104 Å². The van der Waals surface area contributed by atoms with Gasteiger partial charge >= 0.3 is 47.8 Å². The average Bonchev–Trinajstić information content (AvgIpc) is 3.06. The van der Waals surface area contributed by atoms with Crippen molar-refractivity contribution in [2.45, 2.75) is 117 Å². The van der Waals surface area contributed by atoms with Crippen LogP contribution < -0.4 is 0 Å². The van der Waals surface area contributed by atoms with E-state index in [0.29, 0.717) is 0 Å². The SMILES string of the molecule is CCC(=O)OCC(COC(=O)[C@H](C)OC(=O)[C@@H](C)O)OC(=O)[C@H](C)OC(=O)[C@@H](C)O.CCC(=O)OCC(O)CO.C[C@@H]1OC(=O)[C@H](C)OC1=O. The number of rotatable bonds is 16. The van der Waals surface area contributed by atoms with E-state index in [1.807, 2.05) is 0 Å². The molecule has 1 aliphatic heterocycles. The number of carbonyl (C=O) groups excluding carboxylic acids is 8. The van der Waals surface area contributed by atoms with Crippen molar-refractivity contribution in [2.75, 3.05) is 26.4 Å². The third-order valence-corrected chi connectivity index (χ3v) is 5.53. The number of aliphatic hydroxyl groups excluding tert-OH is 4. The Morgan fingerprint density at radius 1 is 0.620 bits per heavy atom. The molecule has 20 nitrogen and oxygen atoms in total. The normalized spacial score (nSPS) is 18.5. The van der Waals surface area contributed by atoms with Gasteiger partial charge in [0.05, 0.1) is 6.61 Å². The Kier molecular flexibility index (Phi) is 24.4. The number of aliphatic hydroxyl groups is 4. The van der Waals surface area contributed by atoms with Gasteiger partial charge in [0.2, 0.25) is 0 Å². The molecule has 0 radical (unpaired) electrons. The maximum atomic E-state index is 12.1. The molecule has 4 N–H and O–H groups in total. The van der Waals surface area contributed by atoms with Crippen LogP contribution in [0.25, 0.3) is 0 Å². The summed E-state index contributed by atoms with van der Waals surface area (Å²) in [5.74, 6) is -6.05. The molecule has 0 aromatic rings. The molecule has 1 heterocycles. The van der Waals surface area contributed by atoms with Crippen molar-refractivity contribution < 1.29 is 96.7 Å². The van der Waals surface area contributed by atoms with Crippen molar-refractivity contribution in [2.24, 2.45) is 0 Å². The molecular formula is C30H48O20. The van der Waals surface area contributed by atoms with Crippen molar-refractivity contribution in [3.05, 3.63) is 0 Å². The summed E-state index contributed by atoms with van der Waals surface area (Å²) in [4.78, 5) is 89.7. The van der Waals surface area contributed by atoms with Gasteiger partial charge in [-0.25, -0.2) is 28.8 Å². The highest BCUT2D eigenvalue weighted by molar-refractivity contribution is 5.87. The van der Waals surface area contributed by atoms with E-state index in [2.05, 4.69) is 18.9 Å². The Balaban J connectivity index is 0. The molecule has 288 valence electrons. The van der Waals surface area contributed by atoms with Crippen LogP contribution in [0, 0.1) is 0 Å². The molecular weight excluding hydrogens is 680 g/mol. The van der Waals surface area contributed by atoms with E-state index >= 15 is 0 Å². The van der Waals surface area contributed by atoms with Gasteiger partial charge in [0.25, 0.3) is 0 Å². The third kappa shape index (κ3) is 21.5. The van der Waals surface area contributed by atoms with Crippen LogP contribution in [0.1, 0.15) is 68.2 Å². The van der Waals surface area contributed by atoms with Crippen molar-refractivity contribution in [3.63, 3.8) is 0 Å². The topological polar surface area (TPSA) is 291 Å². The maximum absolute atomic E-state index is 12.1. The Hall–Kier alpha value is -4.40. The molecule has 1 rings (SSSR count). The molecule has 0 aliphatic carbocycles. The smallest absolute Gasteiger partial charge is 0.347 e. The van der Waals surface area contributed by atoms with Crippen molar-refractivity contribution in [1.29, 1.82) is 0 Å². The van der Waals surface area contributed by atoms with Crippen LogP contribution in [0.3, 0.4) is 0 Å². The van der Waals surface area contributed by atoms with Gasteiger partial charge in [0.15, 0.2) is 30.5 Å². The first kappa shape index (κ1) is 47.7. The molecule has 50 heavy (non-hydrogen) atoms. The van der Waals surface area contributed by atoms with Crippen molar-refractivity contribution >= 4 is 47.8 Å². The minimum absolute atomic E-state index is 0.0508. The zero-order chi connectivity index (χ0) is 39.1. The quantitative estimate of drug-likeness (QED) is 0.100. The van der Waals surface area contributed by atoms with E-state index in [9.17, 15) is 38.4 Å². The standard InChI is InChI=1S/C18H28O12.C6H8O4.C6H12O4/c1-6-14(21)26-7-13(30-18(25)12(5)29-16(23)10(3)20)8-27-17(24)11(4)28-15(22)9(2)19;1-3-5(7)10-4(2)6(8)9-3;1-2-6(9)10-4-5(8)3-7/h9-13,19-20H,6-8H2,1-5H3;3-4H,1-2H3;5,7-8H,2-4H2,1H3/t9-,10-,11+,12+,13?;3-,4-;/m10./s1. The first-order valence-electron chi connectivity index (χ1n) is 15.4. The summed E-state index contributed by atoms with van der Waals surface area (Å²) in [5.41, 5.74) is 0. The molecule has 0 amide bonds. The second-order valence-electron chi connectivity index (χ2n) is 10.3. The highest BCUT2D eigenvalue weighted by Gasteiger charge is 2.32. The Labute approximate surface area is 288 Å². The zero-order valence-corrected chi connectivity index (χ0v) is 29.2. The molecule has 1 saturated heterocycles. The molecule has 0 saturated carbocycles. The predicted molar refractivity (Wildman–Crippen MR) is 162 cm³/mol. The largest absolute Gasteiger partial charge is 0.463 e. The molecule has 0 aromatic heterocycles. The minimum atomic E-state index is -1.45. The molecule has 0 spiro atoms. The molecule has 2 unspecified atom stereocenters. The van der Waals surface area contributed by atoms with Gasteiger partial charge in [-0.2, -0.15) is 0 Å². The van der Waals surface area contributed by atoms with Crippen molar-refractivity contribution in [3.8, 4) is 0 Å². The van der Waals surface area contributed by atoms with Crippen LogP contribution >= 0.6 is 0 Å². The van der Waals surface area contributed by atoms with E-state index in [-0.39, 0.29) is 32.0 Å². The first-order chi connectivity index (χ1) is 23.2. The molecule has 0 bridgehead atoms. The predicted octanol–water partition coefficient (Wildman–Crippen LogP) is -1.82. The Morgan fingerprint density at radius 3 is 1.38 bits per heavy atom. The van der Waals surface area contributed by atoms with Crippen molar-refractivity contribution in [1.82, 2.24) is 0 Å². The fourth-order valence-electron chi connectivity index (χ4n) is 2.58. The highest BCUT2D eigenvalue weighted by Crippen LogP contribution is 2.09. The second-order valence-corrected chi connectivity index (χ2v) is 10.3. The van der Waals surface area contributed by atoms with E-state index in [4.69, 9.17) is 39.4 Å². The summed E-state index contributed by atoms with van der Waals surface area (Å²) in [5, 5.41) is 35.1. The lowest BCUT2D eigenvalue weighted by Gasteiger charge is -2.22. The fraction of sp³-hybridized carbons (Fsp3) is 0.733. The maximum Gasteiger partial charge on any atom is 0.347 e. The highest BCUT2D eigenvalue weighted by atomic mass is 16.7. The summed E-state index contributed by atoms with van der Waals surface area (Å²) in [7, 11) is 0. The van der Waals surface area contributed by atoms with Gasteiger partial charge < -0.3 is 58.3 Å². The molecule has 0 aromatic carbocycles. The molecule has 8 atom stereocenters. The van der Waals surface area contributed by atoms with Crippen LogP contribution in [0.15, 0.2) is 0 Å². The number of carbonyl (C=O) groups is 8. The van der Waals surface area contributed by atoms with E-state index in [0.717, 1.165) is 13.8 Å². The second kappa shape index (κ2) is 25.6. The Bertz CT molecular complexity index is 1100. The number of cyclic esters (lactones) is 2. The van der Waals surface area contributed by atoms with Crippen LogP contribution in [0.4, 0.5) is 0 Å². The summed E-state index contributed by atoms with van der Waals surface area (Å²) < 4.78 is 37.9. The summed E-state index contributed by atoms with van der Waals surface area (Å²) in [6, 6.07) is 0. The van der Waals surface area contributed by atoms with Crippen LogP contribution in [-0.2, 0) is 76.3 Å². The lowest BCUT2D eigenvalue weighted by atomic mass is 10.3. The average molecular weight is 729 g/mol. The van der Waals surface area contributed by atoms with Crippen LogP contribution in [-0.4, -0.2) is 143 Å². The third-order valence-electron chi connectivity index (χ3n) is 5.53. The summed E-state index contributed by atoms with van der Waals surface area (Å²) >= 11 is 0.